The third-order valence-electron chi connectivity index (χ3n) is 3.40. The highest BCUT2D eigenvalue weighted by Gasteiger charge is 2.12. The van der Waals surface area contributed by atoms with E-state index >= 15 is 0 Å². The van der Waals surface area contributed by atoms with E-state index in [9.17, 15) is 8.42 Å². The van der Waals surface area contributed by atoms with Crippen molar-refractivity contribution in [3.8, 4) is 0 Å². The molecule has 0 aliphatic rings. The van der Waals surface area contributed by atoms with Gasteiger partial charge in [-0.3, -0.25) is 0 Å². The monoisotopic (exact) mass is 442 g/mol. The zero-order chi connectivity index (χ0) is 19.3. The molecule has 0 spiro atoms. The molecule has 0 bridgehead atoms. The molecule has 140 valence electrons. The van der Waals surface area contributed by atoms with Crippen molar-refractivity contribution >= 4 is 49.1 Å². The Morgan fingerprint density at radius 3 is 2.58 bits per heavy atom. The van der Waals surface area contributed by atoms with Crippen molar-refractivity contribution in [1.82, 2.24) is 9.97 Å². The van der Waals surface area contributed by atoms with E-state index in [4.69, 9.17) is 9.98 Å². The Balaban J connectivity index is 2.17. The van der Waals surface area contributed by atoms with Crippen molar-refractivity contribution in [1.29, 1.82) is 0 Å². The molecule has 1 heterocycles. The molecule has 2 aromatic rings. The van der Waals surface area contributed by atoms with Crippen LogP contribution < -0.4 is 15.8 Å². The van der Waals surface area contributed by atoms with Crippen molar-refractivity contribution in [2.75, 3.05) is 17.7 Å². The standard InChI is InChI=1S/C15H19BrN6O3S/c1-9(10(2)22-25-3)19-14-13(16)8-18-15(21-14)20-11-4-6-12(7-5-11)26(17,23)24/h4-9H,1-3H3,(H2,17,23,24)(H2,18,19,20,21)/b22-10+. The zero-order valence-electron chi connectivity index (χ0n) is 14.4. The number of oxime groups is 1. The number of anilines is 3. The predicted molar refractivity (Wildman–Crippen MR) is 104 cm³/mol. The average Bonchev–Trinajstić information content (AvgIpc) is 2.57. The first kappa shape index (κ1) is 20.1. The van der Waals surface area contributed by atoms with Crippen LogP contribution in [0.2, 0.25) is 0 Å². The average molecular weight is 443 g/mol. The fraction of sp³-hybridized carbons (Fsp3) is 0.267. The zero-order valence-corrected chi connectivity index (χ0v) is 16.8. The highest BCUT2D eigenvalue weighted by atomic mass is 79.9. The van der Waals surface area contributed by atoms with E-state index in [2.05, 4.69) is 41.7 Å². The number of halogens is 1. The van der Waals surface area contributed by atoms with Gasteiger partial charge >= 0.3 is 0 Å². The van der Waals surface area contributed by atoms with E-state index in [-0.39, 0.29) is 10.9 Å². The number of primary sulfonamides is 1. The van der Waals surface area contributed by atoms with Gasteiger partial charge in [-0.15, -0.1) is 0 Å². The molecule has 0 aliphatic carbocycles. The minimum atomic E-state index is -3.73. The van der Waals surface area contributed by atoms with Gasteiger partial charge in [0.05, 0.1) is 21.1 Å². The summed E-state index contributed by atoms with van der Waals surface area (Å²) in [5.41, 5.74) is 1.38. The van der Waals surface area contributed by atoms with E-state index in [0.717, 1.165) is 5.71 Å². The van der Waals surface area contributed by atoms with E-state index in [1.165, 1.54) is 19.2 Å². The SMILES string of the molecule is CO/N=C(\C)C(C)Nc1nc(Nc2ccc(S(N)(=O)=O)cc2)ncc1Br. The van der Waals surface area contributed by atoms with Crippen LogP contribution in [0, 0.1) is 0 Å². The fourth-order valence-electron chi connectivity index (χ4n) is 1.92. The molecule has 0 fully saturated rings. The third-order valence-corrected chi connectivity index (χ3v) is 4.91. The van der Waals surface area contributed by atoms with Gasteiger partial charge in [-0.25, -0.2) is 18.5 Å². The van der Waals surface area contributed by atoms with Crippen LogP contribution in [0.4, 0.5) is 17.5 Å². The second-order valence-electron chi connectivity index (χ2n) is 5.37. The lowest BCUT2D eigenvalue weighted by atomic mass is 10.2. The Hall–Kier alpha value is -2.24. The highest BCUT2D eigenvalue weighted by Crippen LogP contribution is 2.23. The Kier molecular flexibility index (Phi) is 6.51. The second kappa shape index (κ2) is 8.43. The molecule has 26 heavy (non-hydrogen) atoms. The fourth-order valence-corrected chi connectivity index (χ4v) is 2.74. The lowest BCUT2D eigenvalue weighted by molar-refractivity contribution is 0.212. The van der Waals surface area contributed by atoms with E-state index in [1.54, 1.807) is 18.3 Å². The summed E-state index contributed by atoms with van der Waals surface area (Å²) in [6.07, 6.45) is 1.60. The van der Waals surface area contributed by atoms with Crippen LogP contribution in [0.5, 0.6) is 0 Å². The molecule has 0 saturated carbocycles. The van der Waals surface area contributed by atoms with Gasteiger partial charge in [0.2, 0.25) is 16.0 Å². The van der Waals surface area contributed by atoms with Gasteiger partial charge in [0, 0.05) is 11.9 Å². The van der Waals surface area contributed by atoms with Crippen LogP contribution in [0.15, 0.2) is 45.0 Å². The molecular formula is C15H19BrN6O3S. The second-order valence-corrected chi connectivity index (χ2v) is 7.78. The van der Waals surface area contributed by atoms with Crippen molar-refractivity contribution < 1.29 is 13.3 Å². The van der Waals surface area contributed by atoms with Crippen LogP contribution in [0.3, 0.4) is 0 Å². The molecular weight excluding hydrogens is 424 g/mol. The van der Waals surface area contributed by atoms with Gasteiger partial charge in [-0.2, -0.15) is 4.98 Å². The number of hydrogen-bond acceptors (Lipinski definition) is 8. The number of hydrogen-bond donors (Lipinski definition) is 3. The topological polar surface area (TPSA) is 132 Å². The Bertz CT molecular complexity index is 902. The van der Waals surface area contributed by atoms with E-state index in [0.29, 0.717) is 21.9 Å². The van der Waals surface area contributed by atoms with Crippen molar-refractivity contribution in [2.24, 2.45) is 10.3 Å². The summed E-state index contributed by atoms with van der Waals surface area (Å²) < 4.78 is 23.3. The minimum Gasteiger partial charge on any atom is -0.399 e. The maximum Gasteiger partial charge on any atom is 0.238 e. The number of nitrogens with one attached hydrogen (secondary N) is 2. The first-order valence-corrected chi connectivity index (χ1v) is 9.81. The molecule has 0 radical (unpaired) electrons. The quantitative estimate of drug-likeness (QED) is 0.442. The first-order valence-electron chi connectivity index (χ1n) is 7.47. The molecule has 4 N–H and O–H groups in total. The number of aromatic nitrogens is 2. The lowest BCUT2D eigenvalue weighted by Crippen LogP contribution is -2.25. The summed E-state index contributed by atoms with van der Waals surface area (Å²) in [6.45, 7) is 3.76. The Morgan fingerprint density at radius 2 is 2.00 bits per heavy atom. The van der Waals surface area contributed by atoms with Gasteiger partial charge in [-0.1, -0.05) is 5.16 Å². The van der Waals surface area contributed by atoms with Gasteiger partial charge in [0.1, 0.15) is 12.9 Å². The largest absolute Gasteiger partial charge is 0.399 e. The summed E-state index contributed by atoms with van der Waals surface area (Å²) in [6, 6.07) is 5.86. The number of rotatable bonds is 7. The van der Waals surface area contributed by atoms with Crippen LogP contribution in [-0.4, -0.2) is 37.2 Å². The number of nitrogens with two attached hydrogens (primary N) is 1. The summed E-state index contributed by atoms with van der Waals surface area (Å²) in [5.74, 6) is 0.911. The smallest absolute Gasteiger partial charge is 0.238 e. The molecule has 0 saturated heterocycles. The molecule has 1 aromatic carbocycles. The summed E-state index contributed by atoms with van der Waals surface area (Å²) in [4.78, 5) is 13.4. The van der Waals surface area contributed by atoms with Crippen LogP contribution >= 0.6 is 15.9 Å². The third kappa shape index (κ3) is 5.38. The molecule has 11 heteroatoms. The molecule has 0 aliphatic heterocycles. The van der Waals surface area contributed by atoms with Crippen LogP contribution in [0.25, 0.3) is 0 Å². The molecule has 1 atom stereocenters. The van der Waals surface area contributed by atoms with Gasteiger partial charge in [0.25, 0.3) is 0 Å². The van der Waals surface area contributed by atoms with Crippen molar-refractivity contribution in [2.45, 2.75) is 24.8 Å². The number of benzene rings is 1. The molecule has 9 nitrogen and oxygen atoms in total. The number of sulfonamides is 1. The molecule has 2 rings (SSSR count). The Morgan fingerprint density at radius 1 is 1.35 bits per heavy atom. The minimum absolute atomic E-state index is 0.0314. The molecule has 1 aromatic heterocycles. The molecule has 0 amide bonds. The van der Waals surface area contributed by atoms with E-state index in [1.807, 2.05) is 13.8 Å². The summed E-state index contributed by atoms with van der Waals surface area (Å²) in [7, 11) is -2.24. The van der Waals surface area contributed by atoms with Crippen molar-refractivity contribution in [3.63, 3.8) is 0 Å². The maximum absolute atomic E-state index is 11.3. The summed E-state index contributed by atoms with van der Waals surface area (Å²) >= 11 is 3.40. The maximum atomic E-state index is 11.3. The predicted octanol–water partition coefficient (Wildman–Crippen LogP) is 2.45. The van der Waals surface area contributed by atoms with Crippen LogP contribution in [0.1, 0.15) is 13.8 Å². The highest BCUT2D eigenvalue weighted by molar-refractivity contribution is 9.10. The normalized spacial score (nSPS) is 13.2. The molecule has 1 unspecified atom stereocenters. The Labute approximate surface area is 160 Å². The van der Waals surface area contributed by atoms with Crippen molar-refractivity contribution in [3.05, 3.63) is 34.9 Å². The van der Waals surface area contributed by atoms with E-state index < -0.39 is 10.0 Å². The van der Waals surface area contributed by atoms with Gasteiger partial charge in [0.15, 0.2) is 0 Å². The van der Waals surface area contributed by atoms with Crippen LogP contribution in [-0.2, 0) is 14.9 Å². The number of nitrogens with zero attached hydrogens (tertiary/aromatic N) is 3. The lowest BCUT2D eigenvalue weighted by Gasteiger charge is -2.15. The first-order chi connectivity index (χ1) is 12.2. The summed E-state index contributed by atoms with van der Waals surface area (Å²) in [5, 5.41) is 15.2. The van der Waals surface area contributed by atoms with Gasteiger partial charge in [-0.05, 0) is 54.0 Å². The van der Waals surface area contributed by atoms with Gasteiger partial charge < -0.3 is 15.5 Å².